The van der Waals surface area contributed by atoms with Gasteiger partial charge in [-0.25, -0.2) is 0 Å². The summed E-state index contributed by atoms with van der Waals surface area (Å²) >= 11 is 0. The van der Waals surface area contributed by atoms with Crippen molar-refractivity contribution in [3.8, 4) is 0 Å². The van der Waals surface area contributed by atoms with E-state index < -0.39 is 0 Å². The molecule has 3 aliphatic heterocycles. The molecule has 22 heavy (non-hydrogen) atoms. The Balaban J connectivity index is 1.56. The van der Waals surface area contributed by atoms with Gasteiger partial charge in [0.2, 0.25) is 0 Å². The molecule has 5 rings (SSSR count). The minimum Gasteiger partial charge on any atom is -0.0965 e. The van der Waals surface area contributed by atoms with E-state index in [2.05, 4.69) is 13.8 Å². The van der Waals surface area contributed by atoms with Gasteiger partial charge in [-0.2, -0.15) is 0 Å². The quantitative estimate of drug-likeness (QED) is 0.449. The molecule has 0 amide bonds. The van der Waals surface area contributed by atoms with E-state index in [1.165, 1.54) is 34.5 Å². The van der Waals surface area contributed by atoms with E-state index in [1.54, 1.807) is 64.2 Å². The van der Waals surface area contributed by atoms with Crippen molar-refractivity contribution >= 4 is 15.8 Å². The second kappa shape index (κ2) is 5.70. The van der Waals surface area contributed by atoms with Crippen molar-refractivity contribution in [3.63, 3.8) is 0 Å². The molecule has 7 unspecified atom stereocenters. The van der Waals surface area contributed by atoms with Crippen LogP contribution in [0.5, 0.6) is 0 Å². The number of hydrogen-bond donors (Lipinski definition) is 0. The standard InChI is InChI=1S/C20H34P2/c1-13-6-10-17-15-8-9-16(12-15)18-11-7-14(2)22(18)20-5-3-4-19(20)21(13)17/h13-20H,3-12H2,1-2H3/t13-,14?,15+,16?,17?,18+,19?,20?,21?,22?/m1/s1. The zero-order chi connectivity index (χ0) is 14.8. The summed E-state index contributed by atoms with van der Waals surface area (Å²) in [5.41, 5.74) is 7.12. The molecule has 3 saturated heterocycles. The predicted molar refractivity (Wildman–Crippen MR) is 101 cm³/mol. The predicted octanol–water partition coefficient (Wildman–Crippen LogP) is 6.40. The van der Waals surface area contributed by atoms with Gasteiger partial charge in [-0.15, -0.1) is 0 Å². The number of hydrogen-bond acceptors (Lipinski definition) is 0. The van der Waals surface area contributed by atoms with Crippen LogP contribution < -0.4 is 0 Å². The first-order chi connectivity index (χ1) is 10.7. The first-order valence-electron chi connectivity index (χ1n) is 10.3. The molecule has 2 saturated carbocycles. The zero-order valence-corrected chi connectivity index (χ0v) is 16.4. The molecule has 5 aliphatic rings. The molecule has 2 bridgehead atoms. The highest BCUT2D eigenvalue weighted by molar-refractivity contribution is 7.64. The highest BCUT2D eigenvalue weighted by Gasteiger charge is 2.54. The number of rotatable bonds is 0. The smallest absolute Gasteiger partial charge is 0.0136 e. The minimum atomic E-state index is 0.373. The van der Waals surface area contributed by atoms with Gasteiger partial charge in [-0.05, 0) is 104 Å². The average Bonchev–Trinajstić information content (AvgIpc) is 3.22. The Kier molecular flexibility index (Phi) is 3.92. The largest absolute Gasteiger partial charge is 0.0965 e. The summed E-state index contributed by atoms with van der Waals surface area (Å²) in [6, 6.07) is 0. The van der Waals surface area contributed by atoms with Crippen LogP contribution in [0, 0.1) is 11.8 Å². The average molecular weight is 336 g/mol. The van der Waals surface area contributed by atoms with Crippen molar-refractivity contribution < 1.29 is 0 Å². The molecule has 5 fully saturated rings. The first kappa shape index (κ1) is 15.1. The maximum absolute atomic E-state index is 2.66. The van der Waals surface area contributed by atoms with Gasteiger partial charge in [0.25, 0.3) is 0 Å². The van der Waals surface area contributed by atoms with Gasteiger partial charge in [0.05, 0.1) is 0 Å². The summed E-state index contributed by atoms with van der Waals surface area (Å²) in [6.07, 6.45) is 16.3. The molecule has 0 radical (unpaired) electrons. The molecular weight excluding hydrogens is 302 g/mol. The van der Waals surface area contributed by atoms with Gasteiger partial charge in [-0.3, -0.25) is 0 Å². The molecule has 0 aromatic carbocycles. The molecule has 0 nitrogen and oxygen atoms in total. The Labute approximate surface area is 140 Å². The van der Waals surface area contributed by atoms with E-state index in [0.29, 0.717) is 15.8 Å². The third-order valence-corrected chi connectivity index (χ3v) is 16.8. The molecule has 0 aromatic rings. The monoisotopic (exact) mass is 336 g/mol. The van der Waals surface area contributed by atoms with E-state index in [4.69, 9.17) is 0 Å². The Morgan fingerprint density at radius 2 is 1.05 bits per heavy atom. The first-order valence-corrected chi connectivity index (χ1v) is 13.4. The van der Waals surface area contributed by atoms with Crippen LogP contribution in [0.4, 0.5) is 0 Å². The molecule has 0 spiro atoms. The maximum atomic E-state index is 2.66. The number of fused-ring (bicyclic) bond motifs is 9. The zero-order valence-electron chi connectivity index (χ0n) is 14.6. The van der Waals surface area contributed by atoms with Gasteiger partial charge >= 0.3 is 0 Å². The van der Waals surface area contributed by atoms with Crippen LogP contribution in [-0.2, 0) is 0 Å². The summed E-state index contributed by atoms with van der Waals surface area (Å²) in [5.74, 6) is 2.35. The van der Waals surface area contributed by atoms with E-state index in [0.717, 1.165) is 11.3 Å². The van der Waals surface area contributed by atoms with Crippen LogP contribution in [0.1, 0.15) is 78.1 Å². The van der Waals surface area contributed by atoms with E-state index in [9.17, 15) is 0 Å². The third-order valence-electron chi connectivity index (χ3n) is 8.36. The lowest BCUT2D eigenvalue weighted by Crippen LogP contribution is -2.27. The molecule has 10 atom stereocenters. The Hall–Kier alpha value is 0.860. The second-order valence-electron chi connectivity index (χ2n) is 9.28. The normalized spacial score (nSPS) is 60.3. The van der Waals surface area contributed by atoms with E-state index in [-0.39, 0.29) is 0 Å². The highest BCUT2D eigenvalue weighted by atomic mass is 31.1. The topological polar surface area (TPSA) is 0 Å². The van der Waals surface area contributed by atoms with Crippen LogP contribution in [0.2, 0.25) is 0 Å². The van der Waals surface area contributed by atoms with Crippen LogP contribution >= 0.6 is 15.8 Å². The fraction of sp³-hybridized carbons (Fsp3) is 1.00. The molecular formula is C20H34P2. The van der Waals surface area contributed by atoms with E-state index in [1.807, 2.05) is 0 Å². The summed E-state index contributed by atoms with van der Waals surface area (Å²) in [5, 5.41) is 0. The molecule has 124 valence electrons. The van der Waals surface area contributed by atoms with Gasteiger partial charge in [0, 0.05) is 0 Å². The molecule has 2 aliphatic carbocycles. The molecule has 2 heteroatoms. The van der Waals surface area contributed by atoms with Crippen molar-refractivity contribution in [2.24, 2.45) is 11.8 Å². The Morgan fingerprint density at radius 3 is 1.55 bits per heavy atom. The van der Waals surface area contributed by atoms with Crippen molar-refractivity contribution in [2.45, 2.75) is 112 Å². The Morgan fingerprint density at radius 1 is 0.545 bits per heavy atom. The van der Waals surface area contributed by atoms with Crippen LogP contribution in [0.15, 0.2) is 0 Å². The van der Waals surface area contributed by atoms with Gasteiger partial charge in [0.15, 0.2) is 0 Å². The lowest BCUT2D eigenvalue weighted by molar-refractivity contribution is 0.449. The van der Waals surface area contributed by atoms with Crippen molar-refractivity contribution in [3.05, 3.63) is 0 Å². The summed E-state index contributed by atoms with van der Waals surface area (Å²) < 4.78 is 0. The SMILES string of the molecule is CC1CC[C@H]2C3CC[C@@H](C3)C3CC[C@@H](C)P3C3CCCC3P12. The molecule has 3 heterocycles. The molecule has 0 N–H and O–H groups in total. The van der Waals surface area contributed by atoms with Gasteiger partial charge in [0.1, 0.15) is 0 Å². The maximum Gasteiger partial charge on any atom is -0.0136 e. The van der Waals surface area contributed by atoms with Crippen molar-refractivity contribution in [1.82, 2.24) is 0 Å². The van der Waals surface area contributed by atoms with Gasteiger partial charge < -0.3 is 0 Å². The van der Waals surface area contributed by atoms with Crippen molar-refractivity contribution in [1.29, 1.82) is 0 Å². The summed E-state index contributed by atoms with van der Waals surface area (Å²) in [7, 11) is 0.746. The highest BCUT2D eigenvalue weighted by Crippen LogP contribution is 2.75. The van der Waals surface area contributed by atoms with Crippen molar-refractivity contribution in [2.75, 3.05) is 0 Å². The Bertz CT molecular complexity index is 397. The van der Waals surface area contributed by atoms with Crippen LogP contribution in [-0.4, -0.2) is 34.0 Å². The fourth-order valence-electron chi connectivity index (χ4n) is 7.55. The molecule has 0 aromatic heterocycles. The second-order valence-corrected chi connectivity index (χ2v) is 15.5. The third kappa shape index (κ3) is 2.15. The summed E-state index contributed by atoms with van der Waals surface area (Å²) in [6.45, 7) is 5.32. The lowest BCUT2D eigenvalue weighted by atomic mass is 9.95. The van der Waals surface area contributed by atoms with Crippen LogP contribution in [0.25, 0.3) is 0 Å². The summed E-state index contributed by atoms with van der Waals surface area (Å²) in [4.78, 5) is 0. The van der Waals surface area contributed by atoms with Gasteiger partial charge in [-0.1, -0.05) is 36.1 Å². The van der Waals surface area contributed by atoms with Crippen LogP contribution in [0.3, 0.4) is 0 Å². The lowest BCUT2D eigenvalue weighted by Gasteiger charge is -2.41. The fourth-order valence-corrected chi connectivity index (χ4v) is 17.4. The minimum absolute atomic E-state index is 0.373. The van der Waals surface area contributed by atoms with E-state index >= 15 is 0 Å².